The van der Waals surface area contributed by atoms with Crippen molar-refractivity contribution < 1.29 is 0 Å². The first kappa shape index (κ1) is 34.6. The van der Waals surface area contributed by atoms with Gasteiger partial charge in [0, 0.05) is 45.0 Å². The van der Waals surface area contributed by atoms with Crippen LogP contribution < -0.4 is 0 Å². The molecule has 59 heavy (non-hydrogen) atoms. The number of para-hydroxylation sites is 2. The Morgan fingerprint density at radius 3 is 1.47 bits per heavy atom. The average molecular weight is 754 g/mol. The number of benzene rings is 7. The van der Waals surface area contributed by atoms with E-state index in [9.17, 15) is 0 Å². The van der Waals surface area contributed by atoms with Crippen LogP contribution in [-0.4, -0.2) is 14.5 Å². The Hall–Kier alpha value is -7.62. The van der Waals surface area contributed by atoms with Gasteiger partial charge in [0.05, 0.1) is 22.4 Å². The molecule has 278 valence electrons. The molecule has 7 aromatic carbocycles. The van der Waals surface area contributed by atoms with E-state index in [1.54, 1.807) is 0 Å². The van der Waals surface area contributed by atoms with E-state index in [2.05, 4.69) is 229 Å². The summed E-state index contributed by atoms with van der Waals surface area (Å²) < 4.78 is 2.44. The molecule has 3 heteroatoms. The Kier molecular flexibility index (Phi) is 8.63. The Balaban J connectivity index is 1.01. The predicted molar refractivity (Wildman–Crippen MR) is 246 cm³/mol. The molecule has 0 aliphatic heterocycles. The Morgan fingerprint density at radius 1 is 0.390 bits per heavy atom. The zero-order valence-corrected chi connectivity index (χ0v) is 32.4. The van der Waals surface area contributed by atoms with Crippen molar-refractivity contribution in [1.82, 2.24) is 14.5 Å². The molecular formula is C56H39N3. The van der Waals surface area contributed by atoms with Gasteiger partial charge in [-0.25, -0.2) is 9.97 Å². The third-order valence-corrected chi connectivity index (χ3v) is 11.9. The van der Waals surface area contributed by atoms with E-state index in [4.69, 9.17) is 9.97 Å². The largest absolute Gasteiger partial charge is 0.309 e. The van der Waals surface area contributed by atoms with Crippen LogP contribution in [0.25, 0.3) is 83.7 Å². The van der Waals surface area contributed by atoms with Crippen molar-refractivity contribution in [2.75, 3.05) is 0 Å². The molecule has 2 heterocycles. The van der Waals surface area contributed by atoms with E-state index in [1.165, 1.54) is 38.6 Å². The van der Waals surface area contributed by atoms with E-state index in [0.29, 0.717) is 5.82 Å². The molecule has 0 fully saturated rings. The van der Waals surface area contributed by atoms with Gasteiger partial charge in [-0.05, 0) is 57.7 Å². The Bertz CT molecular complexity index is 2990. The summed E-state index contributed by atoms with van der Waals surface area (Å²) in [6.07, 6.45) is 13.8. The topological polar surface area (TPSA) is 30.7 Å². The molecule has 0 N–H and O–H groups in total. The molecular weight excluding hydrogens is 715 g/mol. The van der Waals surface area contributed by atoms with Gasteiger partial charge in [-0.2, -0.15) is 0 Å². The summed E-state index contributed by atoms with van der Waals surface area (Å²) in [5, 5.41) is 2.55. The third kappa shape index (κ3) is 6.16. The molecule has 2 atom stereocenters. The lowest BCUT2D eigenvalue weighted by Gasteiger charge is -2.31. The lowest BCUT2D eigenvalue weighted by molar-refractivity contribution is 0.669. The fourth-order valence-electron chi connectivity index (χ4n) is 9.10. The second-order valence-electron chi connectivity index (χ2n) is 15.3. The van der Waals surface area contributed by atoms with E-state index in [0.717, 1.165) is 50.3 Å². The standard InChI is InChI=1S/C56H39N3/c1-3-17-38(18-4-1)42-21-7-10-24-46(42)51-37-52(47-25-11-8-22-43(47)39-19-5-2-6-20-39)58-56(57-51)41-33-31-40(32-34-41)44-35-36-55(48-26-12-9-23-45(44)48)59-53-29-15-13-27-49(53)50-28-14-16-30-54(50)59/h1-37,44-45H. The summed E-state index contributed by atoms with van der Waals surface area (Å²) >= 11 is 0. The first-order chi connectivity index (χ1) is 29.3. The summed E-state index contributed by atoms with van der Waals surface area (Å²) in [5.74, 6) is 1.07. The molecule has 2 aliphatic carbocycles. The molecule has 9 aromatic rings. The fourth-order valence-corrected chi connectivity index (χ4v) is 9.10. The fraction of sp³-hybridized carbons (Fsp3) is 0.0357. The Labute approximate surface area is 344 Å². The van der Waals surface area contributed by atoms with Crippen molar-refractivity contribution in [2.45, 2.75) is 5.92 Å². The molecule has 3 nitrogen and oxygen atoms in total. The molecule has 0 bridgehead atoms. The van der Waals surface area contributed by atoms with Gasteiger partial charge in [-0.1, -0.05) is 200 Å². The molecule has 2 aromatic heterocycles. The monoisotopic (exact) mass is 753 g/mol. The first-order valence-corrected chi connectivity index (χ1v) is 20.3. The maximum absolute atomic E-state index is 5.33. The molecule has 2 unspecified atom stereocenters. The van der Waals surface area contributed by atoms with E-state index in [1.807, 2.05) is 0 Å². The third-order valence-electron chi connectivity index (χ3n) is 11.9. The van der Waals surface area contributed by atoms with Crippen LogP contribution in [0.1, 0.15) is 11.5 Å². The molecule has 2 aliphatic rings. The number of hydrogen-bond acceptors (Lipinski definition) is 2. The van der Waals surface area contributed by atoms with E-state index < -0.39 is 0 Å². The molecule has 0 saturated carbocycles. The highest BCUT2D eigenvalue weighted by atomic mass is 15.0. The maximum atomic E-state index is 5.33. The average Bonchev–Trinajstić information content (AvgIpc) is 3.66. The molecule has 0 radical (unpaired) electrons. The summed E-state index contributed by atoms with van der Waals surface area (Å²) in [6.45, 7) is 0. The SMILES string of the molecule is C1=CC2=C(n3c4ccccc4c4ccccc43)C=CC(c3ccc(-c4nc(-c5ccccc5-c5ccccc5)cc(-c5ccccc5-c5ccccc5)n4)cc3)C2C=C1. The molecule has 0 saturated heterocycles. The minimum absolute atomic E-state index is 0.176. The minimum Gasteiger partial charge on any atom is -0.309 e. The zero-order valence-electron chi connectivity index (χ0n) is 32.4. The number of hydrogen-bond donors (Lipinski definition) is 0. The van der Waals surface area contributed by atoms with E-state index in [-0.39, 0.29) is 11.8 Å². The van der Waals surface area contributed by atoms with Crippen LogP contribution >= 0.6 is 0 Å². The number of aromatic nitrogens is 3. The van der Waals surface area contributed by atoms with Crippen LogP contribution in [0.3, 0.4) is 0 Å². The van der Waals surface area contributed by atoms with Gasteiger partial charge in [-0.15, -0.1) is 0 Å². The molecule has 0 amide bonds. The quantitative estimate of drug-likeness (QED) is 0.162. The van der Waals surface area contributed by atoms with E-state index >= 15 is 0 Å². The smallest absolute Gasteiger partial charge is 0.160 e. The minimum atomic E-state index is 0.176. The van der Waals surface area contributed by atoms with Crippen molar-refractivity contribution in [2.24, 2.45) is 5.92 Å². The van der Waals surface area contributed by atoms with Crippen LogP contribution in [0.2, 0.25) is 0 Å². The molecule has 11 rings (SSSR count). The van der Waals surface area contributed by atoms with Gasteiger partial charge in [0.2, 0.25) is 0 Å². The summed E-state index contributed by atoms with van der Waals surface area (Å²) in [6, 6.07) is 66.8. The molecule has 0 spiro atoms. The zero-order chi connectivity index (χ0) is 39.1. The second-order valence-corrected chi connectivity index (χ2v) is 15.3. The normalized spacial score (nSPS) is 15.9. The number of rotatable bonds is 7. The van der Waals surface area contributed by atoms with Crippen LogP contribution in [0, 0.1) is 5.92 Å². The Morgan fingerprint density at radius 2 is 0.898 bits per heavy atom. The maximum Gasteiger partial charge on any atom is 0.160 e. The lowest BCUT2D eigenvalue weighted by atomic mass is 9.75. The highest BCUT2D eigenvalue weighted by molar-refractivity contribution is 6.10. The summed E-state index contributed by atoms with van der Waals surface area (Å²) in [4.78, 5) is 10.7. The number of nitrogens with zero attached hydrogens (tertiary/aromatic N) is 3. The van der Waals surface area contributed by atoms with Gasteiger partial charge < -0.3 is 4.57 Å². The van der Waals surface area contributed by atoms with Crippen LogP contribution in [0.15, 0.2) is 230 Å². The number of fused-ring (bicyclic) bond motifs is 4. The highest BCUT2D eigenvalue weighted by Gasteiger charge is 2.29. The van der Waals surface area contributed by atoms with Gasteiger partial charge in [0.1, 0.15) is 0 Å². The van der Waals surface area contributed by atoms with Gasteiger partial charge >= 0.3 is 0 Å². The van der Waals surface area contributed by atoms with Gasteiger partial charge in [0.25, 0.3) is 0 Å². The summed E-state index contributed by atoms with van der Waals surface area (Å²) in [7, 11) is 0. The number of allylic oxidation sites excluding steroid dienone is 8. The van der Waals surface area contributed by atoms with Crippen molar-refractivity contribution >= 4 is 27.5 Å². The first-order valence-electron chi connectivity index (χ1n) is 20.3. The van der Waals surface area contributed by atoms with Crippen molar-refractivity contribution in [3.8, 4) is 56.2 Å². The van der Waals surface area contributed by atoms with Gasteiger partial charge in [-0.3, -0.25) is 0 Å². The van der Waals surface area contributed by atoms with Crippen molar-refractivity contribution in [3.05, 3.63) is 236 Å². The van der Waals surface area contributed by atoms with Crippen LogP contribution in [0.5, 0.6) is 0 Å². The predicted octanol–water partition coefficient (Wildman–Crippen LogP) is 14.2. The van der Waals surface area contributed by atoms with Crippen LogP contribution in [-0.2, 0) is 0 Å². The second kappa shape index (κ2) is 14.7. The van der Waals surface area contributed by atoms with Crippen LogP contribution in [0.4, 0.5) is 0 Å². The van der Waals surface area contributed by atoms with Crippen molar-refractivity contribution in [1.29, 1.82) is 0 Å². The van der Waals surface area contributed by atoms with Gasteiger partial charge in [0.15, 0.2) is 5.82 Å². The van der Waals surface area contributed by atoms with Crippen molar-refractivity contribution in [3.63, 3.8) is 0 Å². The summed E-state index contributed by atoms with van der Waals surface area (Å²) in [5.41, 5.74) is 15.7. The highest BCUT2D eigenvalue weighted by Crippen LogP contribution is 2.45. The lowest BCUT2D eigenvalue weighted by Crippen LogP contribution is -2.18.